The third kappa shape index (κ3) is 3.39. The number of carbonyl (C=O) groups is 1. The van der Waals surface area contributed by atoms with Gasteiger partial charge >= 0.3 is 5.97 Å². The second-order valence-corrected chi connectivity index (χ2v) is 7.80. The molecule has 0 saturated heterocycles. The molecule has 1 atom stereocenters. The summed E-state index contributed by atoms with van der Waals surface area (Å²) in [6.45, 7) is 5.68. The van der Waals surface area contributed by atoms with E-state index in [1.54, 1.807) is 0 Å². The quantitative estimate of drug-likeness (QED) is 0.872. The van der Waals surface area contributed by atoms with Gasteiger partial charge in [-0.05, 0) is 47.0 Å². The van der Waals surface area contributed by atoms with E-state index in [0.29, 0.717) is 4.47 Å². The van der Waals surface area contributed by atoms with Crippen LogP contribution in [0.3, 0.4) is 0 Å². The number of carboxylic acid groups (broad SMARTS) is 1. The number of aromatic carboxylic acids is 1. The van der Waals surface area contributed by atoms with Crippen LogP contribution in [-0.2, 0) is 10.0 Å². The van der Waals surface area contributed by atoms with Gasteiger partial charge in [-0.25, -0.2) is 13.2 Å². The van der Waals surface area contributed by atoms with Crippen molar-refractivity contribution in [2.75, 3.05) is 7.05 Å². The van der Waals surface area contributed by atoms with Crippen molar-refractivity contribution in [2.45, 2.75) is 31.7 Å². The Morgan fingerprint density at radius 3 is 2.30 bits per heavy atom. The van der Waals surface area contributed by atoms with E-state index in [2.05, 4.69) is 15.9 Å². The van der Waals surface area contributed by atoms with Crippen LogP contribution in [-0.4, -0.2) is 36.9 Å². The number of halogens is 1. The average Bonchev–Trinajstić information content (AvgIpc) is 2.36. The predicted molar refractivity (Wildman–Crippen MR) is 80.4 cm³/mol. The topological polar surface area (TPSA) is 74.7 Å². The van der Waals surface area contributed by atoms with E-state index in [0.717, 1.165) is 0 Å². The molecule has 1 rings (SSSR count). The molecule has 1 N–H and O–H groups in total. The van der Waals surface area contributed by atoms with Crippen molar-refractivity contribution in [3.05, 3.63) is 28.2 Å². The van der Waals surface area contributed by atoms with Gasteiger partial charge in [0.05, 0.1) is 10.5 Å². The summed E-state index contributed by atoms with van der Waals surface area (Å²) in [4.78, 5) is 11.1. The minimum Gasteiger partial charge on any atom is -0.478 e. The minimum atomic E-state index is -3.71. The maximum absolute atomic E-state index is 12.5. The van der Waals surface area contributed by atoms with Crippen LogP contribution in [0.5, 0.6) is 0 Å². The standard InChI is InChI=1S/C13H18BrNO4S/c1-8(2)9(3)15(4)20(18,19)10-5-6-12(14)11(7-10)13(16)17/h5-9H,1-4H3,(H,16,17). The fraction of sp³-hybridized carbons (Fsp3) is 0.462. The summed E-state index contributed by atoms with van der Waals surface area (Å²) in [5, 5.41) is 9.05. The van der Waals surface area contributed by atoms with E-state index >= 15 is 0 Å². The van der Waals surface area contributed by atoms with Crippen LogP contribution in [0, 0.1) is 5.92 Å². The molecule has 5 nitrogen and oxygen atoms in total. The zero-order valence-electron chi connectivity index (χ0n) is 11.8. The van der Waals surface area contributed by atoms with Crippen LogP contribution in [0.25, 0.3) is 0 Å². The highest BCUT2D eigenvalue weighted by molar-refractivity contribution is 9.10. The Bertz CT molecular complexity index is 613. The van der Waals surface area contributed by atoms with Crippen LogP contribution in [0.2, 0.25) is 0 Å². The van der Waals surface area contributed by atoms with Crippen molar-refractivity contribution in [3.8, 4) is 0 Å². The first kappa shape index (κ1) is 17.1. The zero-order valence-corrected chi connectivity index (χ0v) is 14.2. The maximum atomic E-state index is 12.5. The second-order valence-electron chi connectivity index (χ2n) is 4.95. The summed E-state index contributed by atoms with van der Waals surface area (Å²) < 4.78 is 26.6. The van der Waals surface area contributed by atoms with Crippen LogP contribution >= 0.6 is 15.9 Å². The lowest BCUT2D eigenvalue weighted by Crippen LogP contribution is -2.38. The van der Waals surface area contributed by atoms with Gasteiger partial charge in [-0.3, -0.25) is 0 Å². The molecule has 0 radical (unpaired) electrons. The maximum Gasteiger partial charge on any atom is 0.336 e. The van der Waals surface area contributed by atoms with Gasteiger partial charge in [0.15, 0.2) is 0 Å². The molecule has 1 aromatic rings. The van der Waals surface area contributed by atoms with Crippen molar-refractivity contribution in [1.29, 1.82) is 0 Å². The lowest BCUT2D eigenvalue weighted by molar-refractivity contribution is 0.0695. The monoisotopic (exact) mass is 363 g/mol. The molecule has 7 heteroatoms. The Labute approximate surface area is 127 Å². The highest BCUT2D eigenvalue weighted by Crippen LogP contribution is 2.25. The molecular formula is C13H18BrNO4S. The van der Waals surface area contributed by atoms with Crippen molar-refractivity contribution in [3.63, 3.8) is 0 Å². The normalized spacial score (nSPS) is 13.8. The Balaban J connectivity index is 3.30. The van der Waals surface area contributed by atoms with Gasteiger partial charge in [-0.1, -0.05) is 13.8 Å². The smallest absolute Gasteiger partial charge is 0.336 e. The summed E-state index contributed by atoms with van der Waals surface area (Å²) in [5.41, 5.74) is -0.0725. The third-order valence-electron chi connectivity index (χ3n) is 3.38. The molecule has 0 aliphatic carbocycles. The molecule has 1 unspecified atom stereocenters. The zero-order chi connectivity index (χ0) is 15.7. The van der Waals surface area contributed by atoms with Crippen molar-refractivity contribution < 1.29 is 18.3 Å². The number of carboxylic acids is 1. The van der Waals surface area contributed by atoms with Crippen LogP contribution in [0.4, 0.5) is 0 Å². The Morgan fingerprint density at radius 2 is 1.85 bits per heavy atom. The Kier molecular flexibility index (Phi) is 5.34. The molecule has 0 aliphatic heterocycles. The van der Waals surface area contributed by atoms with Gasteiger partial charge in [0, 0.05) is 17.6 Å². The highest BCUT2D eigenvalue weighted by Gasteiger charge is 2.28. The molecule has 0 heterocycles. The third-order valence-corrected chi connectivity index (χ3v) is 6.02. The van der Waals surface area contributed by atoms with E-state index in [-0.39, 0.29) is 22.4 Å². The van der Waals surface area contributed by atoms with Gasteiger partial charge < -0.3 is 5.11 Å². The van der Waals surface area contributed by atoms with Crippen molar-refractivity contribution in [1.82, 2.24) is 4.31 Å². The van der Waals surface area contributed by atoms with E-state index in [9.17, 15) is 13.2 Å². The fourth-order valence-electron chi connectivity index (χ4n) is 1.63. The molecule has 0 amide bonds. The first-order valence-corrected chi connectivity index (χ1v) is 8.33. The molecule has 112 valence electrons. The fourth-order valence-corrected chi connectivity index (χ4v) is 3.57. The summed E-state index contributed by atoms with van der Waals surface area (Å²) in [5.74, 6) is -1.02. The summed E-state index contributed by atoms with van der Waals surface area (Å²) >= 11 is 3.10. The number of benzene rings is 1. The summed E-state index contributed by atoms with van der Waals surface area (Å²) in [7, 11) is -2.20. The first-order valence-electron chi connectivity index (χ1n) is 6.10. The number of rotatable bonds is 5. The predicted octanol–water partition coefficient (Wildman–Crippen LogP) is 2.81. The van der Waals surface area contributed by atoms with Crippen molar-refractivity contribution >= 4 is 31.9 Å². The van der Waals surface area contributed by atoms with Gasteiger partial charge in [0.1, 0.15) is 0 Å². The Morgan fingerprint density at radius 1 is 1.30 bits per heavy atom. The molecule has 0 bridgehead atoms. The summed E-state index contributed by atoms with van der Waals surface area (Å²) in [6, 6.07) is 3.82. The number of sulfonamides is 1. The molecule has 0 aliphatic rings. The van der Waals surface area contributed by atoms with E-state index in [1.165, 1.54) is 29.6 Å². The van der Waals surface area contributed by atoms with Crippen LogP contribution in [0.15, 0.2) is 27.6 Å². The second kappa shape index (κ2) is 6.24. The molecule has 0 aromatic heterocycles. The first-order chi connectivity index (χ1) is 9.09. The van der Waals surface area contributed by atoms with Gasteiger partial charge in [0.25, 0.3) is 0 Å². The number of hydrogen-bond acceptors (Lipinski definition) is 3. The molecular weight excluding hydrogens is 346 g/mol. The number of hydrogen-bond donors (Lipinski definition) is 1. The Hall–Kier alpha value is -0.920. The highest BCUT2D eigenvalue weighted by atomic mass is 79.9. The molecule has 1 aromatic carbocycles. The van der Waals surface area contributed by atoms with E-state index in [1.807, 2.05) is 20.8 Å². The molecule has 20 heavy (non-hydrogen) atoms. The molecule has 0 saturated carbocycles. The van der Waals surface area contributed by atoms with Gasteiger partial charge in [0.2, 0.25) is 10.0 Å². The van der Waals surface area contributed by atoms with E-state index < -0.39 is 16.0 Å². The largest absolute Gasteiger partial charge is 0.478 e. The lowest BCUT2D eigenvalue weighted by Gasteiger charge is -2.27. The van der Waals surface area contributed by atoms with Gasteiger partial charge in [-0.15, -0.1) is 0 Å². The SMILES string of the molecule is CC(C)C(C)N(C)S(=O)(=O)c1ccc(Br)c(C(=O)O)c1. The van der Waals surface area contributed by atoms with Crippen molar-refractivity contribution in [2.24, 2.45) is 5.92 Å². The summed E-state index contributed by atoms with van der Waals surface area (Å²) in [6.07, 6.45) is 0. The van der Waals surface area contributed by atoms with Crippen LogP contribution in [0.1, 0.15) is 31.1 Å². The average molecular weight is 364 g/mol. The molecule has 0 spiro atoms. The van der Waals surface area contributed by atoms with Gasteiger partial charge in [-0.2, -0.15) is 4.31 Å². The molecule has 0 fully saturated rings. The van der Waals surface area contributed by atoms with Crippen LogP contribution < -0.4 is 0 Å². The lowest BCUT2D eigenvalue weighted by atomic mass is 10.1. The minimum absolute atomic E-state index is 0.0203. The number of nitrogens with zero attached hydrogens (tertiary/aromatic N) is 1. The van der Waals surface area contributed by atoms with E-state index in [4.69, 9.17) is 5.11 Å².